The number of imide groups is 1. The second-order valence-corrected chi connectivity index (χ2v) is 5.50. The maximum atomic E-state index is 12.1. The summed E-state index contributed by atoms with van der Waals surface area (Å²) >= 11 is 0. The third-order valence-electron chi connectivity index (χ3n) is 4.15. The molecular weight excluding hydrogens is 230 g/mol. The van der Waals surface area contributed by atoms with Crippen LogP contribution in [0.2, 0.25) is 0 Å². The predicted molar refractivity (Wildman–Crippen MR) is 68.8 cm³/mol. The van der Waals surface area contributed by atoms with Gasteiger partial charge in [-0.15, -0.1) is 0 Å². The molecule has 2 aliphatic heterocycles. The van der Waals surface area contributed by atoms with Gasteiger partial charge >= 0.3 is 0 Å². The van der Waals surface area contributed by atoms with Gasteiger partial charge in [-0.05, 0) is 38.6 Å². The van der Waals surface area contributed by atoms with Gasteiger partial charge in [-0.3, -0.25) is 19.4 Å². The Balaban J connectivity index is 1.90. The minimum atomic E-state index is -0.0398. The van der Waals surface area contributed by atoms with Gasteiger partial charge in [-0.1, -0.05) is 0 Å². The van der Waals surface area contributed by atoms with Crippen LogP contribution in [-0.4, -0.2) is 53.8 Å². The molecule has 2 N–H and O–H groups in total. The van der Waals surface area contributed by atoms with E-state index in [9.17, 15) is 9.59 Å². The summed E-state index contributed by atoms with van der Waals surface area (Å²) in [5, 5.41) is 0. The van der Waals surface area contributed by atoms with E-state index in [-0.39, 0.29) is 11.8 Å². The molecule has 0 aliphatic carbocycles. The van der Waals surface area contributed by atoms with Crippen molar-refractivity contribution in [2.45, 2.75) is 38.6 Å². The van der Waals surface area contributed by atoms with Crippen LogP contribution < -0.4 is 5.73 Å². The van der Waals surface area contributed by atoms with Crippen molar-refractivity contribution in [2.75, 3.05) is 26.2 Å². The van der Waals surface area contributed by atoms with E-state index in [0.29, 0.717) is 38.0 Å². The number of rotatable bonds is 3. The molecule has 0 aromatic carbocycles. The van der Waals surface area contributed by atoms with Gasteiger partial charge in [0, 0.05) is 25.6 Å². The van der Waals surface area contributed by atoms with Gasteiger partial charge in [0.25, 0.3) is 0 Å². The number of carbonyl (C=O) groups is 2. The largest absolute Gasteiger partial charge is 0.330 e. The van der Waals surface area contributed by atoms with Crippen LogP contribution in [0.25, 0.3) is 0 Å². The lowest BCUT2D eigenvalue weighted by Gasteiger charge is -2.37. The van der Waals surface area contributed by atoms with Crippen molar-refractivity contribution in [2.24, 2.45) is 11.7 Å². The van der Waals surface area contributed by atoms with E-state index in [0.717, 1.165) is 25.8 Å². The third-order valence-corrected chi connectivity index (χ3v) is 4.15. The zero-order valence-corrected chi connectivity index (χ0v) is 11.1. The van der Waals surface area contributed by atoms with Crippen LogP contribution in [0, 0.1) is 5.92 Å². The molecule has 2 aliphatic rings. The molecule has 2 saturated heterocycles. The highest BCUT2D eigenvalue weighted by molar-refractivity contribution is 5.97. The summed E-state index contributed by atoms with van der Waals surface area (Å²) in [5.74, 6) is 0.435. The molecule has 2 unspecified atom stereocenters. The fourth-order valence-corrected chi connectivity index (χ4v) is 2.85. The van der Waals surface area contributed by atoms with Gasteiger partial charge in [-0.2, -0.15) is 0 Å². The maximum absolute atomic E-state index is 12.1. The number of carbonyl (C=O) groups excluding carboxylic acids is 2. The van der Waals surface area contributed by atoms with Crippen LogP contribution in [0.3, 0.4) is 0 Å². The fourth-order valence-electron chi connectivity index (χ4n) is 2.85. The van der Waals surface area contributed by atoms with Crippen molar-refractivity contribution in [3.63, 3.8) is 0 Å². The lowest BCUT2D eigenvalue weighted by atomic mass is 9.93. The number of nitrogens with zero attached hydrogens (tertiary/aromatic N) is 2. The van der Waals surface area contributed by atoms with Crippen LogP contribution in [0.1, 0.15) is 32.6 Å². The molecule has 2 heterocycles. The molecule has 5 heteroatoms. The lowest BCUT2D eigenvalue weighted by molar-refractivity contribution is -0.143. The number of piperidine rings is 1. The first-order valence-corrected chi connectivity index (χ1v) is 6.89. The SMILES string of the molecule is CC1CCC(CN)CN1CC(=O)N1CCCC1=O. The molecule has 0 aromatic heterocycles. The van der Waals surface area contributed by atoms with Crippen molar-refractivity contribution >= 4 is 11.8 Å². The molecule has 0 aromatic rings. The van der Waals surface area contributed by atoms with Gasteiger partial charge < -0.3 is 5.73 Å². The average Bonchev–Trinajstić information content (AvgIpc) is 2.78. The van der Waals surface area contributed by atoms with E-state index in [4.69, 9.17) is 5.73 Å². The van der Waals surface area contributed by atoms with Crippen molar-refractivity contribution < 1.29 is 9.59 Å². The highest BCUT2D eigenvalue weighted by atomic mass is 16.2. The first kappa shape index (κ1) is 13.5. The summed E-state index contributed by atoms with van der Waals surface area (Å²) in [4.78, 5) is 27.2. The smallest absolute Gasteiger partial charge is 0.243 e. The standard InChI is InChI=1S/C13H23N3O2/c1-10-4-5-11(7-14)8-15(10)9-13(18)16-6-2-3-12(16)17/h10-11H,2-9,14H2,1H3. The molecule has 2 amide bonds. The molecule has 2 rings (SSSR count). The van der Waals surface area contributed by atoms with E-state index in [1.807, 2.05) is 0 Å². The van der Waals surface area contributed by atoms with Crippen LogP contribution >= 0.6 is 0 Å². The van der Waals surface area contributed by atoms with Crippen LogP contribution in [0.4, 0.5) is 0 Å². The Labute approximate surface area is 108 Å². The van der Waals surface area contributed by atoms with Gasteiger partial charge in [0.15, 0.2) is 0 Å². The highest BCUT2D eigenvalue weighted by Gasteiger charge is 2.31. The monoisotopic (exact) mass is 253 g/mol. The van der Waals surface area contributed by atoms with Crippen molar-refractivity contribution in [3.05, 3.63) is 0 Å². The molecule has 0 radical (unpaired) electrons. The van der Waals surface area contributed by atoms with E-state index in [1.54, 1.807) is 0 Å². The second kappa shape index (κ2) is 5.80. The Kier molecular flexibility index (Phi) is 4.35. The van der Waals surface area contributed by atoms with E-state index in [2.05, 4.69) is 11.8 Å². The van der Waals surface area contributed by atoms with Crippen LogP contribution in [0.5, 0.6) is 0 Å². The Morgan fingerprint density at radius 1 is 1.44 bits per heavy atom. The van der Waals surface area contributed by atoms with Gasteiger partial charge in [0.2, 0.25) is 11.8 Å². The fraction of sp³-hybridized carbons (Fsp3) is 0.846. The third kappa shape index (κ3) is 2.90. The molecule has 5 nitrogen and oxygen atoms in total. The zero-order valence-electron chi connectivity index (χ0n) is 11.1. The summed E-state index contributed by atoms with van der Waals surface area (Å²) in [7, 11) is 0. The first-order chi connectivity index (χ1) is 8.61. The number of hydrogen-bond acceptors (Lipinski definition) is 4. The Bertz CT molecular complexity index is 332. The second-order valence-electron chi connectivity index (χ2n) is 5.50. The van der Waals surface area contributed by atoms with E-state index < -0.39 is 0 Å². The molecule has 2 fully saturated rings. The summed E-state index contributed by atoms with van der Waals surface area (Å²) in [6.45, 7) is 4.67. The van der Waals surface area contributed by atoms with Crippen molar-refractivity contribution in [1.82, 2.24) is 9.80 Å². The topological polar surface area (TPSA) is 66.6 Å². The molecule has 0 bridgehead atoms. The Morgan fingerprint density at radius 2 is 2.22 bits per heavy atom. The number of nitrogens with two attached hydrogens (primary N) is 1. The Hall–Kier alpha value is -0.940. The van der Waals surface area contributed by atoms with E-state index >= 15 is 0 Å². The van der Waals surface area contributed by atoms with Crippen molar-refractivity contribution in [1.29, 1.82) is 0 Å². The van der Waals surface area contributed by atoms with Gasteiger partial charge in [0.1, 0.15) is 0 Å². The van der Waals surface area contributed by atoms with E-state index in [1.165, 1.54) is 4.90 Å². The van der Waals surface area contributed by atoms with Crippen LogP contribution in [-0.2, 0) is 9.59 Å². The summed E-state index contributed by atoms with van der Waals surface area (Å²) in [6, 6.07) is 0.412. The Morgan fingerprint density at radius 3 is 2.83 bits per heavy atom. The number of amides is 2. The zero-order chi connectivity index (χ0) is 13.1. The molecule has 2 atom stereocenters. The first-order valence-electron chi connectivity index (χ1n) is 6.89. The van der Waals surface area contributed by atoms with Gasteiger partial charge in [-0.25, -0.2) is 0 Å². The summed E-state index contributed by atoms with van der Waals surface area (Å²) in [5.41, 5.74) is 5.71. The minimum Gasteiger partial charge on any atom is -0.330 e. The molecule has 18 heavy (non-hydrogen) atoms. The number of likely N-dealkylation sites (tertiary alicyclic amines) is 2. The van der Waals surface area contributed by atoms with Crippen molar-refractivity contribution in [3.8, 4) is 0 Å². The van der Waals surface area contributed by atoms with Crippen LogP contribution in [0.15, 0.2) is 0 Å². The van der Waals surface area contributed by atoms with Gasteiger partial charge in [0.05, 0.1) is 6.54 Å². The average molecular weight is 253 g/mol. The highest BCUT2D eigenvalue weighted by Crippen LogP contribution is 2.21. The lowest BCUT2D eigenvalue weighted by Crippen LogP contribution is -2.49. The molecule has 0 spiro atoms. The summed E-state index contributed by atoms with van der Waals surface area (Å²) < 4.78 is 0. The number of hydrogen-bond donors (Lipinski definition) is 1. The normalized spacial score (nSPS) is 29.9. The minimum absolute atomic E-state index is 0.0139. The predicted octanol–water partition coefficient (Wildman–Crippen LogP) is 0.195. The quantitative estimate of drug-likeness (QED) is 0.780. The summed E-state index contributed by atoms with van der Waals surface area (Å²) in [6.07, 6.45) is 3.56. The molecule has 0 saturated carbocycles. The maximum Gasteiger partial charge on any atom is 0.243 e. The molecular formula is C13H23N3O2. The molecule has 102 valence electrons.